The van der Waals surface area contributed by atoms with Gasteiger partial charge < -0.3 is 0 Å². The van der Waals surface area contributed by atoms with Crippen molar-refractivity contribution in [2.45, 2.75) is 52.4 Å². The number of aryl methyl sites for hydroxylation is 1. The van der Waals surface area contributed by atoms with E-state index in [2.05, 4.69) is 39.7 Å². The summed E-state index contributed by atoms with van der Waals surface area (Å²) in [6, 6.07) is 0. The van der Waals surface area contributed by atoms with Crippen molar-refractivity contribution in [2.24, 2.45) is 11.8 Å². The minimum atomic E-state index is 0.490. The van der Waals surface area contributed by atoms with E-state index < -0.39 is 0 Å². The summed E-state index contributed by atoms with van der Waals surface area (Å²) in [6.07, 6.45) is 4.97. The molecule has 0 amide bonds. The molecule has 0 atom stereocenters. The number of hydrogen-bond acceptors (Lipinski definition) is 2. The molecule has 1 aromatic heterocycles. The van der Waals surface area contributed by atoms with E-state index in [-0.39, 0.29) is 0 Å². The summed E-state index contributed by atoms with van der Waals surface area (Å²) < 4.78 is 0.823. The van der Waals surface area contributed by atoms with Crippen LogP contribution in [0.4, 0.5) is 0 Å². The molecule has 18 heavy (non-hydrogen) atoms. The smallest absolute Gasteiger partial charge is 0.147 e. The number of rotatable bonds is 2. The van der Waals surface area contributed by atoms with Crippen LogP contribution in [0.15, 0.2) is 4.47 Å². The Morgan fingerprint density at radius 1 is 1.17 bits per heavy atom. The van der Waals surface area contributed by atoms with Crippen molar-refractivity contribution in [3.8, 4) is 0 Å². The average molecular weight is 332 g/mol. The van der Waals surface area contributed by atoms with Gasteiger partial charge in [-0.1, -0.05) is 25.4 Å². The van der Waals surface area contributed by atoms with Crippen molar-refractivity contribution in [3.05, 3.63) is 21.1 Å². The molecule has 0 N–H and O–H groups in total. The summed E-state index contributed by atoms with van der Waals surface area (Å²) in [5.41, 5.74) is 0.941. The van der Waals surface area contributed by atoms with Crippen molar-refractivity contribution in [1.82, 2.24) is 9.97 Å². The highest BCUT2D eigenvalue weighted by Gasteiger charge is 2.26. The minimum Gasteiger partial charge on any atom is -0.237 e. The second kappa shape index (κ2) is 5.87. The Morgan fingerprint density at radius 2 is 1.78 bits per heavy atom. The molecule has 1 aliphatic rings. The summed E-state index contributed by atoms with van der Waals surface area (Å²) >= 11 is 9.53. The molecule has 0 saturated heterocycles. The van der Waals surface area contributed by atoms with Crippen molar-refractivity contribution < 1.29 is 0 Å². The van der Waals surface area contributed by atoms with Crippen molar-refractivity contribution in [1.29, 1.82) is 0 Å². The fourth-order valence-electron chi connectivity index (χ4n) is 2.77. The zero-order valence-electron chi connectivity index (χ0n) is 11.2. The molecule has 1 aliphatic carbocycles. The van der Waals surface area contributed by atoms with Crippen LogP contribution in [0.5, 0.6) is 0 Å². The SMILES string of the molecule is Cc1nc(C2CCC(C(C)C)CC2)nc(Cl)c1Br. The lowest BCUT2D eigenvalue weighted by Gasteiger charge is -2.30. The average Bonchev–Trinajstić information content (AvgIpc) is 2.35. The first-order valence-corrected chi connectivity index (χ1v) is 7.85. The molecule has 1 saturated carbocycles. The van der Waals surface area contributed by atoms with Gasteiger partial charge in [0, 0.05) is 5.92 Å². The van der Waals surface area contributed by atoms with Crippen molar-refractivity contribution in [3.63, 3.8) is 0 Å². The second-order valence-corrected chi connectivity index (χ2v) is 6.78. The Bertz CT molecular complexity index is 403. The van der Waals surface area contributed by atoms with Gasteiger partial charge in [0.15, 0.2) is 0 Å². The van der Waals surface area contributed by atoms with Gasteiger partial charge in [-0.05, 0) is 60.4 Å². The molecule has 4 heteroatoms. The van der Waals surface area contributed by atoms with Gasteiger partial charge in [0.05, 0.1) is 10.2 Å². The first kappa shape index (κ1) is 14.3. The largest absolute Gasteiger partial charge is 0.237 e. The van der Waals surface area contributed by atoms with Gasteiger partial charge in [0.25, 0.3) is 0 Å². The van der Waals surface area contributed by atoms with E-state index in [1.165, 1.54) is 25.7 Å². The standard InChI is InChI=1S/C14H20BrClN2/c1-8(2)10-4-6-11(7-5-10)14-17-9(3)12(15)13(16)18-14/h8,10-11H,4-7H2,1-3H3. The molecule has 0 radical (unpaired) electrons. The molecule has 100 valence electrons. The fraction of sp³-hybridized carbons (Fsp3) is 0.714. The van der Waals surface area contributed by atoms with E-state index in [1.807, 2.05) is 6.92 Å². The highest BCUT2D eigenvalue weighted by atomic mass is 79.9. The maximum atomic E-state index is 6.12. The van der Waals surface area contributed by atoms with Crippen LogP contribution >= 0.6 is 27.5 Å². The lowest BCUT2D eigenvalue weighted by atomic mass is 9.77. The summed E-state index contributed by atoms with van der Waals surface area (Å²) in [4.78, 5) is 9.02. The Hall–Kier alpha value is -0.150. The van der Waals surface area contributed by atoms with Gasteiger partial charge in [-0.25, -0.2) is 9.97 Å². The van der Waals surface area contributed by atoms with Crippen molar-refractivity contribution >= 4 is 27.5 Å². The van der Waals surface area contributed by atoms with Gasteiger partial charge in [0.2, 0.25) is 0 Å². The molecule has 1 aromatic rings. The van der Waals surface area contributed by atoms with Crippen LogP contribution in [0.1, 0.15) is 57.0 Å². The van der Waals surface area contributed by atoms with Gasteiger partial charge in [0.1, 0.15) is 11.0 Å². The summed E-state index contributed by atoms with van der Waals surface area (Å²) in [7, 11) is 0. The third kappa shape index (κ3) is 3.05. The lowest BCUT2D eigenvalue weighted by molar-refractivity contribution is 0.254. The maximum absolute atomic E-state index is 6.12. The molecule has 1 fully saturated rings. The third-order valence-corrected chi connectivity index (χ3v) is 5.52. The Labute approximate surface area is 123 Å². The second-order valence-electron chi connectivity index (χ2n) is 5.63. The topological polar surface area (TPSA) is 25.8 Å². The summed E-state index contributed by atoms with van der Waals surface area (Å²) in [5.74, 6) is 3.09. The number of nitrogens with zero attached hydrogens (tertiary/aromatic N) is 2. The van der Waals surface area contributed by atoms with Crippen molar-refractivity contribution in [2.75, 3.05) is 0 Å². The predicted octanol–water partition coefficient (Wildman–Crippen LogP) is 5.13. The number of hydrogen-bond donors (Lipinski definition) is 0. The lowest BCUT2D eigenvalue weighted by Crippen LogP contribution is -2.19. The van der Waals surface area contributed by atoms with Crippen LogP contribution in [0.2, 0.25) is 5.15 Å². The summed E-state index contributed by atoms with van der Waals surface area (Å²) in [6.45, 7) is 6.62. The zero-order chi connectivity index (χ0) is 13.3. The van der Waals surface area contributed by atoms with E-state index in [4.69, 9.17) is 11.6 Å². The quantitative estimate of drug-likeness (QED) is 0.702. The summed E-state index contributed by atoms with van der Waals surface area (Å²) in [5, 5.41) is 0.545. The zero-order valence-corrected chi connectivity index (χ0v) is 13.6. The molecule has 1 heterocycles. The fourth-order valence-corrected chi connectivity index (χ4v) is 3.17. The molecule has 2 nitrogen and oxygen atoms in total. The Morgan fingerprint density at radius 3 is 2.28 bits per heavy atom. The highest BCUT2D eigenvalue weighted by Crippen LogP contribution is 2.38. The minimum absolute atomic E-state index is 0.490. The van der Waals surface area contributed by atoms with E-state index in [9.17, 15) is 0 Å². The van der Waals surface area contributed by atoms with Crippen LogP contribution in [-0.4, -0.2) is 9.97 Å². The Kier molecular flexibility index (Phi) is 4.65. The van der Waals surface area contributed by atoms with Crippen LogP contribution in [0.25, 0.3) is 0 Å². The van der Waals surface area contributed by atoms with Gasteiger partial charge in [-0.3, -0.25) is 0 Å². The Balaban J connectivity index is 2.10. The molecule has 0 aromatic carbocycles. The predicted molar refractivity (Wildman–Crippen MR) is 79.0 cm³/mol. The first-order chi connectivity index (χ1) is 8.49. The van der Waals surface area contributed by atoms with E-state index >= 15 is 0 Å². The molecule has 2 rings (SSSR count). The molecular weight excluding hydrogens is 312 g/mol. The number of halogens is 2. The maximum Gasteiger partial charge on any atom is 0.147 e. The van der Waals surface area contributed by atoms with E-state index in [1.54, 1.807) is 0 Å². The van der Waals surface area contributed by atoms with E-state index in [0.717, 1.165) is 27.8 Å². The normalized spacial score (nSPS) is 24.6. The third-order valence-electron chi connectivity index (χ3n) is 4.07. The number of aromatic nitrogens is 2. The highest BCUT2D eigenvalue weighted by molar-refractivity contribution is 9.10. The van der Waals surface area contributed by atoms with Crippen LogP contribution in [0, 0.1) is 18.8 Å². The van der Waals surface area contributed by atoms with Crippen LogP contribution in [0.3, 0.4) is 0 Å². The first-order valence-electron chi connectivity index (χ1n) is 6.68. The van der Waals surface area contributed by atoms with Gasteiger partial charge in [-0.15, -0.1) is 0 Å². The monoisotopic (exact) mass is 330 g/mol. The molecule has 0 spiro atoms. The van der Waals surface area contributed by atoms with Gasteiger partial charge in [-0.2, -0.15) is 0 Å². The van der Waals surface area contributed by atoms with Crippen LogP contribution in [-0.2, 0) is 0 Å². The molecular formula is C14H20BrClN2. The van der Waals surface area contributed by atoms with E-state index in [0.29, 0.717) is 11.1 Å². The molecule has 0 bridgehead atoms. The molecule has 0 unspecified atom stereocenters. The molecule has 0 aliphatic heterocycles. The van der Waals surface area contributed by atoms with Crippen LogP contribution < -0.4 is 0 Å². The van der Waals surface area contributed by atoms with Gasteiger partial charge >= 0.3 is 0 Å².